The van der Waals surface area contributed by atoms with Gasteiger partial charge < -0.3 is 14.4 Å². The van der Waals surface area contributed by atoms with Crippen LogP contribution in [0.1, 0.15) is 45.5 Å². The fourth-order valence-electron chi connectivity index (χ4n) is 4.37. The number of methoxy groups -OCH3 is 1. The highest BCUT2D eigenvalue weighted by Gasteiger charge is 2.44. The third-order valence-electron chi connectivity index (χ3n) is 6.25. The molecule has 2 aliphatic rings. The number of nitro groups is 2. The van der Waals surface area contributed by atoms with Gasteiger partial charge in [0, 0.05) is 44.1 Å². The maximum atomic E-state index is 13.0. The van der Waals surface area contributed by atoms with Crippen molar-refractivity contribution in [2.45, 2.75) is 31.8 Å². The molecular weight excluding hydrogens is 434 g/mol. The number of fused-ring (bicyclic) bond motifs is 1. The van der Waals surface area contributed by atoms with Crippen molar-refractivity contribution in [1.82, 2.24) is 4.90 Å². The monoisotopic (exact) mass is 455 g/mol. The minimum atomic E-state index is -0.765. The van der Waals surface area contributed by atoms with Gasteiger partial charge in [0.15, 0.2) is 5.78 Å². The lowest BCUT2D eigenvalue weighted by molar-refractivity contribution is -0.395. The van der Waals surface area contributed by atoms with Gasteiger partial charge >= 0.3 is 0 Å². The molecule has 2 heterocycles. The SMILES string of the molecule is COc1ccc2c(c1)OC1(CCN(C(=O)c3cc([N+](=O)[O-])c(C)c([N+](=O)[O-])c3)CC1)CC2=O. The van der Waals surface area contributed by atoms with E-state index in [1.165, 1.54) is 18.9 Å². The number of likely N-dealkylation sites (tertiary alicyclic amines) is 1. The minimum absolute atomic E-state index is 0.0523. The molecule has 0 aromatic heterocycles. The molecule has 2 aromatic rings. The Labute approximate surface area is 188 Å². The number of piperidine rings is 1. The van der Waals surface area contributed by atoms with Crippen LogP contribution in [0.2, 0.25) is 0 Å². The number of hydrogen-bond acceptors (Lipinski definition) is 8. The second-order valence-electron chi connectivity index (χ2n) is 8.19. The van der Waals surface area contributed by atoms with E-state index in [9.17, 15) is 29.8 Å². The van der Waals surface area contributed by atoms with Crippen molar-refractivity contribution in [3.63, 3.8) is 0 Å². The number of hydrogen-bond donors (Lipinski definition) is 0. The minimum Gasteiger partial charge on any atom is -0.497 e. The summed E-state index contributed by atoms with van der Waals surface area (Å²) in [5.41, 5.74) is -1.47. The van der Waals surface area contributed by atoms with Crippen molar-refractivity contribution in [2.24, 2.45) is 0 Å². The summed E-state index contributed by atoms with van der Waals surface area (Å²) in [6.07, 6.45) is 0.921. The molecule has 0 unspecified atom stereocenters. The molecular formula is C22H21N3O8. The molecule has 1 spiro atoms. The molecule has 0 N–H and O–H groups in total. The first-order chi connectivity index (χ1) is 15.6. The lowest BCUT2D eigenvalue weighted by Gasteiger charge is -2.44. The Balaban J connectivity index is 1.55. The number of ether oxygens (including phenoxy) is 2. The van der Waals surface area contributed by atoms with Gasteiger partial charge in [0.25, 0.3) is 17.3 Å². The Kier molecular flexibility index (Phi) is 5.48. The number of rotatable bonds is 4. The van der Waals surface area contributed by atoms with Crippen molar-refractivity contribution >= 4 is 23.1 Å². The summed E-state index contributed by atoms with van der Waals surface area (Å²) in [6, 6.07) is 7.16. The Morgan fingerprint density at radius 3 is 2.24 bits per heavy atom. The molecule has 1 fully saturated rings. The van der Waals surface area contributed by atoms with E-state index in [0.29, 0.717) is 29.9 Å². The van der Waals surface area contributed by atoms with Crippen LogP contribution in [0.5, 0.6) is 11.5 Å². The third-order valence-corrected chi connectivity index (χ3v) is 6.25. The molecule has 0 atom stereocenters. The van der Waals surface area contributed by atoms with Crippen LogP contribution in [-0.2, 0) is 0 Å². The third kappa shape index (κ3) is 3.97. The van der Waals surface area contributed by atoms with Crippen molar-refractivity contribution in [3.8, 4) is 11.5 Å². The van der Waals surface area contributed by atoms with Crippen LogP contribution in [0.3, 0.4) is 0 Å². The fraction of sp³-hybridized carbons (Fsp3) is 0.364. The molecule has 2 aliphatic heterocycles. The van der Waals surface area contributed by atoms with Gasteiger partial charge in [-0.1, -0.05) is 0 Å². The van der Waals surface area contributed by atoms with Gasteiger partial charge in [-0.2, -0.15) is 0 Å². The number of nitrogens with zero attached hydrogens (tertiary/aromatic N) is 3. The predicted molar refractivity (Wildman–Crippen MR) is 115 cm³/mol. The van der Waals surface area contributed by atoms with Crippen molar-refractivity contribution < 1.29 is 28.9 Å². The van der Waals surface area contributed by atoms with E-state index in [2.05, 4.69) is 0 Å². The van der Waals surface area contributed by atoms with Crippen LogP contribution < -0.4 is 9.47 Å². The summed E-state index contributed by atoms with van der Waals surface area (Å²) >= 11 is 0. The lowest BCUT2D eigenvalue weighted by Crippen LogP contribution is -2.52. The first kappa shape index (κ1) is 22.2. The summed E-state index contributed by atoms with van der Waals surface area (Å²) in [4.78, 5) is 48.4. The smallest absolute Gasteiger partial charge is 0.279 e. The second-order valence-corrected chi connectivity index (χ2v) is 8.19. The summed E-state index contributed by atoms with van der Waals surface area (Å²) < 4.78 is 11.4. The summed E-state index contributed by atoms with van der Waals surface area (Å²) in [7, 11) is 1.52. The van der Waals surface area contributed by atoms with E-state index in [-0.39, 0.29) is 36.4 Å². The molecule has 11 nitrogen and oxygen atoms in total. The van der Waals surface area contributed by atoms with Gasteiger partial charge in [0.05, 0.1) is 34.5 Å². The number of Topliss-reactive ketones (excluding diaryl/α,β-unsaturated/α-hetero) is 1. The van der Waals surface area contributed by atoms with E-state index in [1.807, 2.05) is 0 Å². The first-order valence-electron chi connectivity index (χ1n) is 10.3. The average Bonchev–Trinajstić information content (AvgIpc) is 2.78. The second kappa shape index (κ2) is 8.15. The molecule has 1 saturated heterocycles. The van der Waals surface area contributed by atoms with Crippen LogP contribution >= 0.6 is 0 Å². The molecule has 0 bridgehead atoms. The highest BCUT2D eigenvalue weighted by atomic mass is 16.6. The van der Waals surface area contributed by atoms with Crippen LogP contribution in [0, 0.1) is 27.2 Å². The van der Waals surface area contributed by atoms with Gasteiger partial charge in [0.1, 0.15) is 22.7 Å². The summed E-state index contributed by atoms with van der Waals surface area (Å²) in [5, 5.41) is 22.7. The average molecular weight is 455 g/mol. The highest BCUT2D eigenvalue weighted by Crippen LogP contribution is 2.41. The number of benzene rings is 2. The molecule has 2 aromatic carbocycles. The number of carbonyl (C=O) groups excluding carboxylic acids is 2. The number of ketones is 1. The maximum absolute atomic E-state index is 13.0. The standard InChI is InChI=1S/C22H21N3O8/c1-13-17(24(28)29)9-14(10-18(13)25(30)31)21(27)23-7-5-22(6-8-23)12-19(26)16-4-3-15(32-2)11-20(16)33-22/h3-4,9-11H,5-8,12H2,1-2H3. The fourth-order valence-corrected chi connectivity index (χ4v) is 4.37. The van der Waals surface area contributed by atoms with Gasteiger partial charge in [-0.3, -0.25) is 29.8 Å². The van der Waals surface area contributed by atoms with Gasteiger partial charge in [0.2, 0.25) is 0 Å². The van der Waals surface area contributed by atoms with Crippen molar-refractivity contribution in [1.29, 1.82) is 0 Å². The lowest BCUT2D eigenvalue weighted by atomic mass is 9.82. The molecule has 0 radical (unpaired) electrons. The van der Waals surface area contributed by atoms with Gasteiger partial charge in [-0.25, -0.2) is 0 Å². The molecule has 0 aliphatic carbocycles. The predicted octanol–water partition coefficient (Wildman–Crippen LogP) is 3.46. The number of amides is 1. The zero-order valence-corrected chi connectivity index (χ0v) is 18.0. The molecule has 0 saturated carbocycles. The molecule has 1 amide bonds. The molecule has 11 heteroatoms. The van der Waals surface area contributed by atoms with E-state index >= 15 is 0 Å². The summed E-state index contributed by atoms with van der Waals surface area (Å²) in [5.74, 6) is 0.410. The number of carbonyl (C=O) groups is 2. The highest BCUT2D eigenvalue weighted by molar-refractivity contribution is 6.00. The Hall–Kier alpha value is -4.02. The Bertz CT molecular complexity index is 1150. The van der Waals surface area contributed by atoms with E-state index in [1.54, 1.807) is 18.2 Å². The molecule has 4 rings (SSSR count). The van der Waals surface area contributed by atoms with Crippen molar-refractivity contribution in [2.75, 3.05) is 20.2 Å². The Morgan fingerprint density at radius 1 is 1.09 bits per heavy atom. The largest absolute Gasteiger partial charge is 0.497 e. The van der Waals surface area contributed by atoms with Gasteiger partial charge in [-0.05, 0) is 19.1 Å². The number of nitro benzene ring substituents is 2. The normalized spacial score (nSPS) is 16.7. The Morgan fingerprint density at radius 2 is 1.70 bits per heavy atom. The van der Waals surface area contributed by atoms with Crippen LogP contribution in [0.15, 0.2) is 30.3 Å². The molecule has 33 heavy (non-hydrogen) atoms. The van der Waals surface area contributed by atoms with E-state index in [0.717, 1.165) is 12.1 Å². The van der Waals surface area contributed by atoms with Crippen LogP contribution in [0.4, 0.5) is 11.4 Å². The first-order valence-corrected chi connectivity index (χ1v) is 10.3. The van der Waals surface area contributed by atoms with Crippen LogP contribution in [-0.4, -0.2) is 52.2 Å². The van der Waals surface area contributed by atoms with E-state index < -0.39 is 32.7 Å². The summed E-state index contributed by atoms with van der Waals surface area (Å²) in [6.45, 7) is 1.75. The van der Waals surface area contributed by atoms with E-state index in [4.69, 9.17) is 9.47 Å². The maximum Gasteiger partial charge on any atom is 0.279 e. The zero-order chi connectivity index (χ0) is 23.9. The zero-order valence-electron chi connectivity index (χ0n) is 18.0. The van der Waals surface area contributed by atoms with Crippen LogP contribution in [0.25, 0.3) is 0 Å². The van der Waals surface area contributed by atoms with Crippen molar-refractivity contribution in [3.05, 3.63) is 67.3 Å². The van der Waals surface area contributed by atoms with Gasteiger partial charge in [-0.15, -0.1) is 0 Å². The molecule has 172 valence electrons. The quantitative estimate of drug-likeness (QED) is 0.504. The topological polar surface area (TPSA) is 142 Å².